The van der Waals surface area contributed by atoms with Crippen molar-refractivity contribution in [3.8, 4) is 0 Å². The highest BCUT2D eigenvalue weighted by Gasteiger charge is 2.31. The van der Waals surface area contributed by atoms with E-state index < -0.39 is 0 Å². The van der Waals surface area contributed by atoms with Gasteiger partial charge in [-0.15, -0.1) is 0 Å². The van der Waals surface area contributed by atoms with Crippen molar-refractivity contribution in [1.82, 2.24) is 10.2 Å². The van der Waals surface area contributed by atoms with Gasteiger partial charge in [0.25, 0.3) is 0 Å². The third-order valence-electron chi connectivity index (χ3n) is 4.75. The summed E-state index contributed by atoms with van der Waals surface area (Å²) in [5, 5.41) is 3.68. The van der Waals surface area contributed by atoms with Gasteiger partial charge in [0.1, 0.15) is 5.82 Å². The van der Waals surface area contributed by atoms with Gasteiger partial charge in [-0.05, 0) is 42.0 Å². The van der Waals surface area contributed by atoms with E-state index >= 15 is 0 Å². The van der Waals surface area contributed by atoms with Gasteiger partial charge in [0.2, 0.25) is 0 Å². The minimum absolute atomic E-state index is 0.132. The van der Waals surface area contributed by atoms with Gasteiger partial charge in [0.15, 0.2) is 0 Å². The quantitative estimate of drug-likeness (QED) is 0.912. The largest absolute Gasteiger partial charge is 0.311 e. The molecule has 0 spiro atoms. The fourth-order valence-corrected chi connectivity index (χ4v) is 3.17. The van der Waals surface area contributed by atoms with Gasteiger partial charge in [-0.3, -0.25) is 4.90 Å². The van der Waals surface area contributed by atoms with Crippen molar-refractivity contribution in [3.05, 3.63) is 35.1 Å². The first-order valence-corrected chi connectivity index (χ1v) is 8.11. The van der Waals surface area contributed by atoms with Crippen LogP contribution in [0.4, 0.5) is 4.39 Å². The summed E-state index contributed by atoms with van der Waals surface area (Å²) in [6, 6.07) is 6.17. The summed E-state index contributed by atoms with van der Waals surface area (Å²) in [6.45, 7) is 14.0. The summed E-state index contributed by atoms with van der Waals surface area (Å²) in [5.41, 5.74) is 2.29. The topological polar surface area (TPSA) is 15.3 Å². The molecule has 0 saturated carbocycles. The number of rotatable bonds is 4. The molecule has 1 heterocycles. The van der Waals surface area contributed by atoms with E-state index in [9.17, 15) is 4.39 Å². The van der Waals surface area contributed by atoms with Crippen molar-refractivity contribution in [1.29, 1.82) is 0 Å². The average molecular weight is 292 g/mol. The Labute approximate surface area is 128 Å². The Bertz CT molecular complexity index is 470. The molecule has 0 bridgehead atoms. The van der Waals surface area contributed by atoms with E-state index in [1.807, 2.05) is 6.07 Å². The number of benzene rings is 1. The van der Waals surface area contributed by atoms with Gasteiger partial charge in [-0.2, -0.15) is 0 Å². The third-order valence-corrected chi connectivity index (χ3v) is 4.75. The number of piperazine rings is 1. The van der Waals surface area contributed by atoms with Crippen LogP contribution in [0.2, 0.25) is 0 Å². The van der Waals surface area contributed by atoms with Crippen LogP contribution in [-0.4, -0.2) is 30.1 Å². The molecule has 0 aliphatic carbocycles. The Morgan fingerprint density at radius 1 is 1.24 bits per heavy atom. The van der Waals surface area contributed by atoms with Crippen LogP contribution in [0, 0.1) is 24.6 Å². The maximum Gasteiger partial charge on any atom is 0.123 e. The summed E-state index contributed by atoms with van der Waals surface area (Å²) in [5.74, 6) is 1.08. The van der Waals surface area contributed by atoms with Gasteiger partial charge in [-0.1, -0.05) is 33.8 Å². The lowest BCUT2D eigenvalue weighted by atomic mass is 9.93. The lowest BCUT2D eigenvalue weighted by molar-refractivity contribution is 0.0781. The summed E-state index contributed by atoms with van der Waals surface area (Å²) in [6.07, 6.45) is 0. The Balaban J connectivity index is 2.17. The second kappa shape index (κ2) is 6.89. The standard InChI is InChI=1S/C18H29FN2/c1-12(2)17-11-21(18(9-20-17)13(3)4)10-15-8-16(19)7-6-14(15)5/h6-8,12-13,17-18,20H,9-11H2,1-5H3. The number of hydrogen-bond acceptors (Lipinski definition) is 2. The van der Waals surface area contributed by atoms with E-state index in [1.54, 1.807) is 12.1 Å². The van der Waals surface area contributed by atoms with Crippen LogP contribution in [-0.2, 0) is 6.54 Å². The molecule has 1 N–H and O–H groups in total. The highest BCUT2D eigenvalue weighted by atomic mass is 19.1. The number of hydrogen-bond donors (Lipinski definition) is 1. The van der Waals surface area contributed by atoms with E-state index in [-0.39, 0.29) is 5.82 Å². The summed E-state index contributed by atoms with van der Waals surface area (Å²) >= 11 is 0. The zero-order valence-corrected chi connectivity index (χ0v) is 14.0. The second-order valence-electron chi connectivity index (χ2n) is 7.07. The van der Waals surface area contributed by atoms with E-state index in [0.29, 0.717) is 23.9 Å². The van der Waals surface area contributed by atoms with Crippen LogP contribution in [0.25, 0.3) is 0 Å². The zero-order chi connectivity index (χ0) is 15.6. The van der Waals surface area contributed by atoms with Crippen molar-refractivity contribution in [3.63, 3.8) is 0 Å². The lowest BCUT2D eigenvalue weighted by Crippen LogP contribution is -2.59. The summed E-state index contributed by atoms with van der Waals surface area (Å²) in [7, 11) is 0. The average Bonchev–Trinajstić information content (AvgIpc) is 2.42. The number of halogens is 1. The minimum atomic E-state index is -0.132. The smallest absolute Gasteiger partial charge is 0.123 e. The first-order valence-electron chi connectivity index (χ1n) is 8.11. The maximum absolute atomic E-state index is 13.5. The molecule has 1 aliphatic rings. The molecule has 1 aromatic rings. The molecule has 1 saturated heterocycles. The van der Waals surface area contributed by atoms with E-state index in [2.05, 4.69) is 44.8 Å². The predicted molar refractivity (Wildman–Crippen MR) is 86.8 cm³/mol. The molecule has 2 unspecified atom stereocenters. The molecule has 2 atom stereocenters. The van der Waals surface area contributed by atoms with E-state index in [0.717, 1.165) is 25.2 Å². The van der Waals surface area contributed by atoms with Crippen LogP contribution in [0.3, 0.4) is 0 Å². The van der Waals surface area contributed by atoms with E-state index in [4.69, 9.17) is 0 Å². The van der Waals surface area contributed by atoms with Crippen molar-refractivity contribution in [2.24, 2.45) is 11.8 Å². The minimum Gasteiger partial charge on any atom is -0.311 e. The van der Waals surface area contributed by atoms with Crippen LogP contribution in [0.5, 0.6) is 0 Å². The van der Waals surface area contributed by atoms with Crippen molar-refractivity contribution in [2.45, 2.75) is 53.2 Å². The molecule has 1 aliphatic heterocycles. The molecule has 21 heavy (non-hydrogen) atoms. The highest BCUT2D eigenvalue weighted by Crippen LogP contribution is 2.22. The fourth-order valence-electron chi connectivity index (χ4n) is 3.17. The molecule has 0 aromatic heterocycles. The Morgan fingerprint density at radius 2 is 1.95 bits per heavy atom. The molecular weight excluding hydrogens is 263 g/mol. The molecule has 1 fully saturated rings. The van der Waals surface area contributed by atoms with Gasteiger partial charge < -0.3 is 5.32 Å². The second-order valence-corrected chi connectivity index (χ2v) is 7.07. The molecule has 2 rings (SSSR count). The van der Waals surface area contributed by atoms with Crippen molar-refractivity contribution in [2.75, 3.05) is 13.1 Å². The van der Waals surface area contributed by atoms with Crippen LogP contribution < -0.4 is 5.32 Å². The van der Waals surface area contributed by atoms with Gasteiger partial charge in [0, 0.05) is 31.7 Å². The first kappa shape index (κ1) is 16.4. The Morgan fingerprint density at radius 3 is 2.57 bits per heavy atom. The summed E-state index contributed by atoms with van der Waals surface area (Å²) in [4.78, 5) is 2.54. The molecule has 118 valence electrons. The molecule has 0 radical (unpaired) electrons. The maximum atomic E-state index is 13.5. The monoisotopic (exact) mass is 292 g/mol. The Kier molecular flexibility index (Phi) is 5.39. The highest BCUT2D eigenvalue weighted by molar-refractivity contribution is 5.26. The number of nitrogens with zero attached hydrogens (tertiary/aromatic N) is 1. The van der Waals surface area contributed by atoms with Crippen molar-refractivity contribution < 1.29 is 4.39 Å². The lowest BCUT2D eigenvalue weighted by Gasteiger charge is -2.44. The molecule has 3 heteroatoms. The van der Waals surface area contributed by atoms with Crippen LogP contribution in [0.1, 0.15) is 38.8 Å². The van der Waals surface area contributed by atoms with Gasteiger partial charge in [-0.25, -0.2) is 4.39 Å². The molecule has 1 aromatic carbocycles. The zero-order valence-electron chi connectivity index (χ0n) is 14.0. The van der Waals surface area contributed by atoms with Crippen molar-refractivity contribution >= 4 is 0 Å². The van der Waals surface area contributed by atoms with Crippen LogP contribution >= 0.6 is 0 Å². The van der Waals surface area contributed by atoms with Gasteiger partial charge >= 0.3 is 0 Å². The normalized spacial score (nSPS) is 24.0. The summed E-state index contributed by atoms with van der Waals surface area (Å²) < 4.78 is 13.5. The van der Waals surface area contributed by atoms with Gasteiger partial charge in [0.05, 0.1) is 0 Å². The van der Waals surface area contributed by atoms with E-state index in [1.165, 1.54) is 5.56 Å². The molecule has 0 amide bonds. The predicted octanol–water partition coefficient (Wildman–Crippen LogP) is 3.59. The Hall–Kier alpha value is -0.930. The molecular formula is C18H29FN2. The third kappa shape index (κ3) is 4.04. The number of aryl methyl sites for hydroxylation is 1. The fraction of sp³-hybridized carbons (Fsp3) is 0.667. The van der Waals surface area contributed by atoms with Crippen LogP contribution in [0.15, 0.2) is 18.2 Å². The SMILES string of the molecule is Cc1ccc(F)cc1CN1CC(C(C)C)NCC1C(C)C. The molecule has 2 nitrogen and oxygen atoms in total. The first-order chi connectivity index (χ1) is 9.88. The number of nitrogens with one attached hydrogen (secondary N) is 1.